The molecule has 0 aromatic heterocycles. The molecule has 0 radical (unpaired) electrons. The fraction of sp³-hybridized carbons (Fsp3) is 1.00. The van der Waals surface area contributed by atoms with Crippen LogP contribution in [0.1, 0.15) is 46.5 Å². The highest BCUT2D eigenvalue weighted by Crippen LogP contribution is 2.24. The van der Waals surface area contributed by atoms with Gasteiger partial charge in [-0.05, 0) is 38.5 Å². The van der Waals surface area contributed by atoms with E-state index in [1.807, 2.05) is 0 Å². The van der Waals surface area contributed by atoms with Gasteiger partial charge in [0.05, 0.1) is 0 Å². The summed E-state index contributed by atoms with van der Waals surface area (Å²) >= 11 is 0. The van der Waals surface area contributed by atoms with E-state index in [2.05, 4.69) is 31.4 Å². The first kappa shape index (κ1) is 12.0. The van der Waals surface area contributed by atoms with Gasteiger partial charge in [-0.2, -0.15) is 0 Å². The third-order valence-electron chi connectivity index (χ3n) is 3.36. The molecule has 0 aromatic rings. The molecule has 0 aromatic carbocycles. The Bertz CT molecular complexity index is 147. The van der Waals surface area contributed by atoms with Crippen LogP contribution in [0.4, 0.5) is 0 Å². The molecule has 2 nitrogen and oxygen atoms in total. The monoisotopic (exact) mass is 198 g/mol. The second-order valence-corrected chi connectivity index (χ2v) is 4.83. The van der Waals surface area contributed by atoms with Crippen LogP contribution >= 0.6 is 0 Å². The van der Waals surface area contributed by atoms with Crippen molar-refractivity contribution in [1.29, 1.82) is 0 Å². The lowest BCUT2D eigenvalue weighted by molar-refractivity contribution is 0.468. The first-order valence-corrected chi connectivity index (χ1v) is 6.19. The fourth-order valence-corrected chi connectivity index (χ4v) is 2.13. The highest BCUT2D eigenvalue weighted by Gasteiger charge is 2.19. The first-order valence-electron chi connectivity index (χ1n) is 6.19. The van der Waals surface area contributed by atoms with Gasteiger partial charge in [-0.3, -0.25) is 0 Å². The minimum atomic E-state index is 0.666. The Balaban J connectivity index is 1.94. The minimum Gasteiger partial charge on any atom is -0.313 e. The summed E-state index contributed by atoms with van der Waals surface area (Å²) in [7, 11) is 0. The smallest absolute Gasteiger partial charge is 0.00794 e. The van der Waals surface area contributed by atoms with E-state index >= 15 is 0 Å². The molecular formula is C12H26N2. The van der Waals surface area contributed by atoms with Gasteiger partial charge >= 0.3 is 0 Å². The molecule has 1 aliphatic rings. The molecule has 3 atom stereocenters. The molecule has 3 unspecified atom stereocenters. The third-order valence-corrected chi connectivity index (χ3v) is 3.36. The summed E-state index contributed by atoms with van der Waals surface area (Å²) in [5.41, 5.74) is 0. The third kappa shape index (κ3) is 4.43. The van der Waals surface area contributed by atoms with Crippen LogP contribution in [0.3, 0.4) is 0 Å². The molecule has 14 heavy (non-hydrogen) atoms. The second kappa shape index (κ2) is 6.41. The summed E-state index contributed by atoms with van der Waals surface area (Å²) in [5, 5.41) is 7.13. The van der Waals surface area contributed by atoms with Gasteiger partial charge in [0.15, 0.2) is 0 Å². The number of nitrogens with one attached hydrogen (secondary N) is 2. The van der Waals surface area contributed by atoms with Crippen LogP contribution in [0, 0.1) is 5.92 Å². The van der Waals surface area contributed by atoms with Crippen molar-refractivity contribution < 1.29 is 0 Å². The summed E-state index contributed by atoms with van der Waals surface area (Å²) in [4.78, 5) is 0. The van der Waals surface area contributed by atoms with Crippen molar-refractivity contribution in [3.63, 3.8) is 0 Å². The zero-order chi connectivity index (χ0) is 10.4. The molecule has 84 valence electrons. The van der Waals surface area contributed by atoms with E-state index in [1.165, 1.54) is 25.7 Å². The van der Waals surface area contributed by atoms with Gasteiger partial charge < -0.3 is 10.6 Å². The molecule has 1 rings (SSSR count). The van der Waals surface area contributed by atoms with E-state index in [0.717, 1.165) is 25.0 Å². The molecule has 0 amide bonds. The molecule has 1 fully saturated rings. The zero-order valence-electron chi connectivity index (χ0n) is 9.97. The summed E-state index contributed by atoms with van der Waals surface area (Å²) in [6, 6.07) is 1.46. The standard InChI is InChI=1S/C12H26N2/c1-4-11(3)13-7-8-14-12-6-5-10(2)9-12/h10-14H,4-9H2,1-3H3. The topological polar surface area (TPSA) is 24.1 Å². The Hall–Kier alpha value is -0.0800. The van der Waals surface area contributed by atoms with Gasteiger partial charge in [-0.25, -0.2) is 0 Å². The quantitative estimate of drug-likeness (QED) is 0.639. The Labute approximate surface area is 88.8 Å². The number of hydrogen-bond donors (Lipinski definition) is 2. The van der Waals surface area contributed by atoms with Crippen molar-refractivity contribution in [1.82, 2.24) is 10.6 Å². The summed E-state index contributed by atoms with van der Waals surface area (Å²) in [5.74, 6) is 0.940. The second-order valence-electron chi connectivity index (χ2n) is 4.83. The van der Waals surface area contributed by atoms with Crippen LogP contribution in [0.25, 0.3) is 0 Å². The highest BCUT2D eigenvalue weighted by atomic mass is 15.0. The van der Waals surface area contributed by atoms with Crippen molar-refractivity contribution in [2.24, 2.45) is 5.92 Å². The van der Waals surface area contributed by atoms with E-state index in [4.69, 9.17) is 0 Å². The van der Waals surface area contributed by atoms with Crippen LogP contribution in [-0.4, -0.2) is 25.2 Å². The molecule has 0 saturated heterocycles. The lowest BCUT2D eigenvalue weighted by Gasteiger charge is -2.15. The van der Waals surface area contributed by atoms with Crippen molar-refractivity contribution in [3.8, 4) is 0 Å². The summed E-state index contributed by atoms with van der Waals surface area (Å²) < 4.78 is 0. The van der Waals surface area contributed by atoms with Crippen molar-refractivity contribution in [2.75, 3.05) is 13.1 Å². The minimum absolute atomic E-state index is 0.666. The van der Waals surface area contributed by atoms with Crippen LogP contribution < -0.4 is 10.6 Å². The molecule has 2 N–H and O–H groups in total. The largest absolute Gasteiger partial charge is 0.313 e. The Morgan fingerprint density at radius 2 is 2.07 bits per heavy atom. The summed E-state index contributed by atoms with van der Waals surface area (Å²) in [6.07, 6.45) is 5.39. The van der Waals surface area contributed by atoms with Crippen molar-refractivity contribution in [3.05, 3.63) is 0 Å². The highest BCUT2D eigenvalue weighted by molar-refractivity contribution is 4.78. The van der Waals surface area contributed by atoms with Gasteiger partial charge in [-0.15, -0.1) is 0 Å². The van der Waals surface area contributed by atoms with Crippen molar-refractivity contribution in [2.45, 2.75) is 58.5 Å². The molecule has 0 aliphatic heterocycles. The van der Waals surface area contributed by atoms with Gasteiger partial charge in [0.2, 0.25) is 0 Å². The molecule has 0 bridgehead atoms. The fourth-order valence-electron chi connectivity index (χ4n) is 2.13. The summed E-state index contributed by atoms with van der Waals surface area (Å²) in [6.45, 7) is 9.07. The van der Waals surface area contributed by atoms with E-state index in [1.54, 1.807) is 0 Å². The lowest BCUT2D eigenvalue weighted by atomic mass is 10.1. The zero-order valence-corrected chi connectivity index (χ0v) is 9.97. The van der Waals surface area contributed by atoms with Gasteiger partial charge in [-0.1, -0.05) is 13.8 Å². The molecule has 1 aliphatic carbocycles. The van der Waals surface area contributed by atoms with Gasteiger partial charge in [0.25, 0.3) is 0 Å². The predicted molar refractivity (Wildman–Crippen MR) is 62.6 cm³/mol. The normalized spacial score (nSPS) is 29.4. The Kier molecular flexibility index (Phi) is 5.49. The number of hydrogen-bond acceptors (Lipinski definition) is 2. The molecule has 0 spiro atoms. The van der Waals surface area contributed by atoms with Crippen molar-refractivity contribution >= 4 is 0 Å². The number of rotatable bonds is 6. The maximum atomic E-state index is 3.63. The predicted octanol–water partition coefficient (Wildman–Crippen LogP) is 2.15. The van der Waals surface area contributed by atoms with Crippen LogP contribution in [0.5, 0.6) is 0 Å². The van der Waals surface area contributed by atoms with E-state index in [0.29, 0.717) is 6.04 Å². The Morgan fingerprint density at radius 1 is 1.29 bits per heavy atom. The van der Waals surface area contributed by atoms with Gasteiger partial charge in [0, 0.05) is 25.2 Å². The maximum Gasteiger partial charge on any atom is 0.00794 e. The van der Waals surface area contributed by atoms with Crippen LogP contribution in [0.15, 0.2) is 0 Å². The maximum absolute atomic E-state index is 3.63. The average molecular weight is 198 g/mol. The van der Waals surface area contributed by atoms with Gasteiger partial charge in [0.1, 0.15) is 0 Å². The molecule has 0 heterocycles. The molecule has 1 saturated carbocycles. The molecule has 2 heteroatoms. The van der Waals surface area contributed by atoms with Crippen LogP contribution in [-0.2, 0) is 0 Å². The van der Waals surface area contributed by atoms with E-state index in [9.17, 15) is 0 Å². The van der Waals surface area contributed by atoms with E-state index in [-0.39, 0.29) is 0 Å². The lowest BCUT2D eigenvalue weighted by Crippen LogP contribution is -2.36. The molecular weight excluding hydrogens is 172 g/mol. The Morgan fingerprint density at radius 3 is 2.64 bits per heavy atom. The average Bonchev–Trinajstić information content (AvgIpc) is 2.58. The van der Waals surface area contributed by atoms with Crippen LogP contribution in [0.2, 0.25) is 0 Å². The van der Waals surface area contributed by atoms with E-state index < -0.39 is 0 Å². The SMILES string of the molecule is CCC(C)NCCNC1CCC(C)C1. The first-order chi connectivity index (χ1) is 6.72.